The molecule has 7 unspecified atom stereocenters. The molecule has 9 nitrogen and oxygen atoms in total. The van der Waals surface area contributed by atoms with Gasteiger partial charge in [0, 0.05) is 37.8 Å². The highest BCUT2D eigenvalue weighted by atomic mass is 16.7. The average Bonchev–Trinajstić information content (AvgIpc) is 2.83. The van der Waals surface area contributed by atoms with Crippen LogP contribution < -0.4 is 0 Å². The molecule has 1 aliphatic rings. The number of aliphatic hydroxyl groups is 2. The van der Waals surface area contributed by atoms with Gasteiger partial charge in [0.1, 0.15) is 5.78 Å². The first kappa shape index (κ1) is 33.9. The third kappa shape index (κ3) is 10.9. The molecular formula is C28H53NO8. The zero-order valence-electron chi connectivity index (χ0n) is 24.7. The van der Waals surface area contributed by atoms with E-state index in [2.05, 4.69) is 4.90 Å². The van der Waals surface area contributed by atoms with Crippen LogP contribution in [0.2, 0.25) is 0 Å². The molecule has 0 saturated carbocycles. The quantitative estimate of drug-likeness (QED) is 0.228. The van der Waals surface area contributed by atoms with E-state index >= 15 is 0 Å². The van der Waals surface area contributed by atoms with E-state index in [-0.39, 0.29) is 23.7 Å². The number of hydrogen-bond acceptors (Lipinski definition) is 9. The molecule has 1 rings (SSSR count). The van der Waals surface area contributed by atoms with Gasteiger partial charge in [0.2, 0.25) is 0 Å². The first-order chi connectivity index (χ1) is 17.2. The second kappa shape index (κ2) is 16.1. The Labute approximate surface area is 224 Å². The number of nitrogens with zero attached hydrogens (tertiary/aromatic N) is 1. The number of Topliss-reactive ketones (excluding diaryl/α,β-unsaturated/α-hetero) is 1. The number of esters is 1. The molecule has 0 bridgehead atoms. The molecule has 218 valence electrons. The predicted molar refractivity (Wildman–Crippen MR) is 142 cm³/mol. The minimum atomic E-state index is -1.12. The first-order valence-electron chi connectivity index (χ1n) is 13.8. The highest BCUT2D eigenvalue weighted by Crippen LogP contribution is 2.31. The number of aliphatic hydroxyl groups excluding tert-OH is 2. The van der Waals surface area contributed by atoms with Crippen molar-refractivity contribution >= 4 is 11.8 Å². The fourth-order valence-electron chi connectivity index (χ4n) is 4.98. The lowest BCUT2D eigenvalue weighted by molar-refractivity contribution is -0.247. The third-order valence-corrected chi connectivity index (χ3v) is 7.69. The monoisotopic (exact) mass is 531 g/mol. The van der Waals surface area contributed by atoms with Gasteiger partial charge in [-0.1, -0.05) is 34.6 Å². The maximum absolute atomic E-state index is 12.9. The van der Waals surface area contributed by atoms with Crippen LogP contribution in [0.25, 0.3) is 0 Å². The molecule has 0 aromatic carbocycles. The van der Waals surface area contributed by atoms with Crippen LogP contribution in [0.3, 0.4) is 0 Å². The average molecular weight is 532 g/mol. The van der Waals surface area contributed by atoms with E-state index < -0.39 is 48.7 Å². The summed E-state index contributed by atoms with van der Waals surface area (Å²) in [5.41, 5.74) is 0. The molecule has 1 aliphatic heterocycles. The van der Waals surface area contributed by atoms with Crippen molar-refractivity contribution in [1.29, 1.82) is 0 Å². The van der Waals surface area contributed by atoms with E-state index in [0.717, 1.165) is 6.42 Å². The summed E-state index contributed by atoms with van der Waals surface area (Å²) >= 11 is 0. The summed E-state index contributed by atoms with van der Waals surface area (Å²) < 4.78 is 23.8. The molecule has 11 atom stereocenters. The molecule has 1 saturated heterocycles. The topological polar surface area (TPSA) is 115 Å². The maximum atomic E-state index is 12.9. The normalized spacial score (nSPS) is 27.0. The van der Waals surface area contributed by atoms with Crippen LogP contribution in [0, 0.1) is 23.7 Å². The van der Waals surface area contributed by atoms with Gasteiger partial charge in [-0.2, -0.15) is 0 Å². The van der Waals surface area contributed by atoms with Crippen LogP contribution >= 0.6 is 0 Å². The lowest BCUT2D eigenvalue weighted by Gasteiger charge is -2.41. The summed E-state index contributed by atoms with van der Waals surface area (Å²) in [7, 11) is 5.70. The van der Waals surface area contributed by atoms with Gasteiger partial charge >= 0.3 is 5.97 Å². The van der Waals surface area contributed by atoms with Crippen molar-refractivity contribution in [1.82, 2.24) is 4.90 Å². The molecule has 0 radical (unpaired) electrons. The van der Waals surface area contributed by atoms with E-state index in [1.54, 1.807) is 34.8 Å². The molecule has 1 fully saturated rings. The van der Waals surface area contributed by atoms with Gasteiger partial charge < -0.3 is 34.1 Å². The number of carbonyl (C=O) groups is 2. The van der Waals surface area contributed by atoms with Gasteiger partial charge in [-0.05, 0) is 53.1 Å². The summed E-state index contributed by atoms with van der Waals surface area (Å²) in [6.07, 6.45) is -0.361. The molecule has 2 N–H and O–H groups in total. The van der Waals surface area contributed by atoms with Crippen molar-refractivity contribution in [2.24, 2.45) is 23.7 Å². The minimum absolute atomic E-state index is 0.0239. The van der Waals surface area contributed by atoms with Crippen molar-refractivity contribution in [3.8, 4) is 0 Å². The summed E-state index contributed by atoms with van der Waals surface area (Å²) in [5.74, 6) is -1.91. The Morgan fingerprint density at radius 1 is 1.03 bits per heavy atom. The molecule has 37 heavy (non-hydrogen) atoms. The van der Waals surface area contributed by atoms with Gasteiger partial charge in [-0.15, -0.1) is 0 Å². The molecule has 0 spiro atoms. The van der Waals surface area contributed by atoms with Gasteiger partial charge in [0.15, 0.2) is 12.6 Å². The summed E-state index contributed by atoms with van der Waals surface area (Å²) in [4.78, 5) is 27.6. The number of methoxy groups -OCH3 is 1. The Bertz CT molecular complexity index is 687. The van der Waals surface area contributed by atoms with Crippen molar-refractivity contribution in [3.63, 3.8) is 0 Å². The highest BCUT2D eigenvalue weighted by molar-refractivity contribution is 5.83. The van der Waals surface area contributed by atoms with Crippen LogP contribution in [0.5, 0.6) is 0 Å². The summed E-state index contributed by atoms with van der Waals surface area (Å²) in [6, 6.07) is 0.308. The van der Waals surface area contributed by atoms with Crippen LogP contribution in [-0.2, 0) is 28.5 Å². The smallest absolute Gasteiger partial charge is 0.310 e. The number of ether oxygens (including phenoxy) is 4. The van der Waals surface area contributed by atoms with Crippen molar-refractivity contribution in [3.05, 3.63) is 0 Å². The molecule has 0 aliphatic carbocycles. The zero-order valence-corrected chi connectivity index (χ0v) is 24.7. The third-order valence-electron chi connectivity index (χ3n) is 7.69. The number of ketones is 1. The van der Waals surface area contributed by atoms with Crippen LogP contribution in [-0.4, -0.2) is 91.1 Å². The number of hydrogen-bond donors (Lipinski definition) is 2. The Hall–Kier alpha value is -1.10. The Kier molecular flexibility index (Phi) is 14.8. The number of rotatable bonds is 16. The Morgan fingerprint density at radius 3 is 2.16 bits per heavy atom. The standard InChI is InChI=1S/C28H53NO8/c1-11-24(31)36-28(33)18(4)12-17(3)27(37-25-15-22(29(8)9)14-19(5)35-25)23(34-10)13-16(2)26(32)20(6)21(7)30/h16-25,27,30-31H,11-15H2,1-10H3/t16-,17?,18?,19?,20-,21?,22?,23?,24+,25?,27-/m1/s1. The second-order valence-electron chi connectivity index (χ2n) is 11.3. The molecule has 1 heterocycles. The molecule has 0 amide bonds. The lowest BCUT2D eigenvalue weighted by atomic mass is 9.83. The molecule has 9 heteroatoms. The fourth-order valence-corrected chi connectivity index (χ4v) is 4.98. The SMILES string of the molecule is CC[C@@H](O)OC(=O)C(C)CC(C)[C@@H](OC1CC(N(C)C)CC(C)O1)C(C[C@@H](C)C(=O)[C@H](C)C(C)O)OC. The highest BCUT2D eigenvalue weighted by Gasteiger charge is 2.38. The maximum Gasteiger partial charge on any atom is 0.310 e. The van der Waals surface area contributed by atoms with Gasteiger partial charge in [0.25, 0.3) is 0 Å². The van der Waals surface area contributed by atoms with Crippen LogP contribution in [0.1, 0.15) is 80.6 Å². The van der Waals surface area contributed by atoms with E-state index in [1.165, 1.54) is 0 Å². The summed E-state index contributed by atoms with van der Waals surface area (Å²) in [5, 5.41) is 19.6. The fraction of sp³-hybridized carbons (Fsp3) is 0.929. The van der Waals surface area contributed by atoms with Gasteiger partial charge in [-0.25, -0.2) is 0 Å². The molecule has 0 aromatic rings. The largest absolute Gasteiger partial charge is 0.436 e. The first-order valence-corrected chi connectivity index (χ1v) is 13.8. The van der Waals surface area contributed by atoms with E-state index in [0.29, 0.717) is 31.7 Å². The zero-order chi connectivity index (χ0) is 28.4. The van der Waals surface area contributed by atoms with Crippen molar-refractivity contribution in [2.75, 3.05) is 21.2 Å². The lowest BCUT2D eigenvalue weighted by Crippen LogP contribution is -2.47. The second-order valence-corrected chi connectivity index (χ2v) is 11.3. The number of carbonyl (C=O) groups excluding carboxylic acids is 2. The Morgan fingerprint density at radius 2 is 1.65 bits per heavy atom. The van der Waals surface area contributed by atoms with Crippen molar-refractivity contribution < 1.29 is 38.7 Å². The molecular weight excluding hydrogens is 478 g/mol. The Balaban J connectivity index is 3.12. The molecule has 0 aromatic heterocycles. The van der Waals surface area contributed by atoms with E-state index in [9.17, 15) is 19.8 Å². The van der Waals surface area contributed by atoms with E-state index in [4.69, 9.17) is 18.9 Å². The van der Waals surface area contributed by atoms with Crippen molar-refractivity contribution in [2.45, 2.75) is 124 Å². The van der Waals surface area contributed by atoms with E-state index in [1.807, 2.05) is 34.9 Å². The van der Waals surface area contributed by atoms with Crippen LogP contribution in [0.15, 0.2) is 0 Å². The minimum Gasteiger partial charge on any atom is -0.436 e. The van der Waals surface area contributed by atoms with Gasteiger partial charge in [0.05, 0.1) is 30.3 Å². The van der Waals surface area contributed by atoms with Gasteiger partial charge in [-0.3, -0.25) is 9.59 Å². The van der Waals surface area contributed by atoms with Crippen LogP contribution in [0.4, 0.5) is 0 Å². The summed E-state index contributed by atoms with van der Waals surface area (Å²) in [6.45, 7) is 12.8. The predicted octanol–water partition coefficient (Wildman–Crippen LogP) is 3.39.